The molecule has 4 aliphatic rings. The summed E-state index contributed by atoms with van der Waals surface area (Å²) in [7, 11) is 0. The normalized spacial score (nSPS) is 46.8. The minimum atomic E-state index is -1.67. The number of hydrogen-bond donors (Lipinski definition) is 1. The molecule has 17 heavy (non-hydrogen) atoms. The van der Waals surface area contributed by atoms with Crippen LogP contribution < -0.4 is 0 Å². The van der Waals surface area contributed by atoms with Crippen LogP contribution in [0.3, 0.4) is 0 Å². The van der Waals surface area contributed by atoms with Gasteiger partial charge in [-0.1, -0.05) is 6.92 Å². The van der Waals surface area contributed by atoms with Crippen molar-refractivity contribution in [2.45, 2.75) is 51.6 Å². The molecular weight excluding hydrogens is 219 g/mol. The third-order valence-electron chi connectivity index (χ3n) is 5.73. The van der Waals surface area contributed by atoms with Gasteiger partial charge in [0.1, 0.15) is 0 Å². The molecule has 0 amide bonds. The van der Waals surface area contributed by atoms with Crippen LogP contribution in [0.25, 0.3) is 0 Å². The fourth-order valence-corrected chi connectivity index (χ4v) is 5.26. The lowest BCUT2D eigenvalue weighted by atomic mass is 9.46. The summed E-state index contributed by atoms with van der Waals surface area (Å²) in [6, 6.07) is 0. The minimum absolute atomic E-state index is 0.00650. The first-order chi connectivity index (χ1) is 8.00. The predicted octanol–water partition coefficient (Wildman–Crippen LogP) is 3.26. The molecule has 2 atom stereocenters. The maximum absolute atomic E-state index is 13.8. The molecule has 4 fully saturated rings. The van der Waals surface area contributed by atoms with E-state index in [1.54, 1.807) is 0 Å². The Morgan fingerprint density at radius 1 is 1.18 bits per heavy atom. The zero-order chi connectivity index (χ0) is 12.2. The van der Waals surface area contributed by atoms with Gasteiger partial charge in [-0.3, -0.25) is 0 Å². The Morgan fingerprint density at radius 3 is 1.94 bits per heavy atom. The summed E-state index contributed by atoms with van der Waals surface area (Å²) >= 11 is 0. The highest BCUT2D eigenvalue weighted by Gasteiger charge is 2.55. The van der Waals surface area contributed by atoms with Crippen LogP contribution in [-0.4, -0.2) is 17.2 Å². The van der Waals surface area contributed by atoms with Gasteiger partial charge in [0, 0.05) is 5.92 Å². The number of hydrogen-bond acceptors (Lipinski definition) is 1. The fraction of sp³-hybridized carbons (Fsp3) is 0.929. The highest BCUT2D eigenvalue weighted by atomic mass is 19.1. The second-order valence-corrected chi connectivity index (χ2v) is 6.81. The summed E-state index contributed by atoms with van der Waals surface area (Å²) in [6.07, 6.45) is 5.50. The minimum Gasteiger partial charge on any atom is -0.479 e. The molecule has 0 heterocycles. The second-order valence-electron chi connectivity index (χ2n) is 6.81. The average Bonchev–Trinajstić information content (AvgIpc) is 2.25. The third-order valence-corrected chi connectivity index (χ3v) is 5.73. The van der Waals surface area contributed by atoms with Crippen molar-refractivity contribution in [3.05, 3.63) is 0 Å². The van der Waals surface area contributed by atoms with Gasteiger partial charge >= 0.3 is 5.97 Å². The van der Waals surface area contributed by atoms with Crippen molar-refractivity contribution in [1.29, 1.82) is 0 Å². The van der Waals surface area contributed by atoms with Crippen molar-refractivity contribution < 1.29 is 14.3 Å². The van der Waals surface area contributed by atoms with Crippen LogP contribution in [-0.2, 0) is 4.79 Å². The first-order valence-corrected chi connectivity index (χ1v) is 6.87. The van der Waals surface area contributed by atoms with Crippen LogP contribution in [0.2, 0.25) is 0 Å². The highest BCUT2D eigenvalue weighted by Crippen LogP contribution is 2.63. The first-order valence-electron chi connectivity index (χ1n) is 6.87. The van der Waals surface area contributed by atoms with Gasteiger partial charge in [-0.25, -0.2) is 9.18 Å². The molecule has 96 valence electrons. The van der Waals surface area contributed by atoms with Crippen LogP contribution in [0.1, 0.15) is 45.4 Å². The van der Waals surface area contributed by atoms with Gasteiger partial charge in [0.25, 0.3) is 0 Å². The Hall–Kier alpha value is -0.600. The highest BCUT2D eigenvalue weighted by molar-refractivity contribution is 5.72. The Bertz CT molecular complexity index is 304. The monoisotopic (exact) mass is 240 g/mol. The van der Waals surface area contributed by atoms with Gasteiger partial charge in [-0.15, -0.1) is 0 Å². The average molecular weight is 240 g/mol. The van der Waals surface area contributed by atoms with Crippen molar-refractivity contribution in [1.82, 2.24) is 0 Å². The summed E-state index contributed by atoms with van der Waals surface area (Å²) in [6.45, 7) is 1.83. The number of carboxylic acids is 1. The van der Waals surface area contributed by atoms with Gasteiger partial charge in [0.05, 0.1) is 0 Å². The van der Waals surface area contributed by atoms with E-state index >= 15 is 0 Å². The van der Waals surface area contributed by atoms with Crippen LogP contribution in [0.5, 0.6) is 0 Å². The van der Waals surface area contributed by atoms with Crippen LogP contribution in [0, 0.1) is 29.1 Å². The molecule has 3 heteroatoms. The molecule has 0 aromatic heterocycles. The van der Waals surface area contributed by atoms with E-state index in [2.05, 4.69) is 0 Å². The number of aliphatic carboxylic acids is 1. The Balaban J connectivity index is 1.84. The van der Waals surface area contributed by atoms with Gasteiger partial charge in [0.15, 0.2) is 6.17 Å². The number of alkyl halides is 1. The largest absolute Gasteiger partial charge is 0.479 e. The molecule has 0 aliphatic heterocycles. The molecular formula is C14H21FO2. The van der Waals surface area contributed by atoms with E-state index in [-0.39, 0.29) is 11.3 Å². The SMILES string of the molecule is CC(C(F)C(=O)O)C12CC3CC(CC(C3)C1)C2. The number of carboxylic acid groups (broad SMARTS) is 1. The van der Waals surface area contributed by atoms with Crippen LogP contribution in [0.4, 0.5) is 4.39 Å². The maximum Gasteiger partial charge on any atom is 0.338 e. The van der Waals surface area contributed by atoms with E-state index in [4.69, 9.17) is 5.11 Å². The molecule has 4 saturated carbocycles. The Kier molecular flexibility index (Phi) is 2.50. The first kappa shape index (κ1) is 11.5. The molecule has 1 N–H and O–H groups in total. The van der Waals surface area contributed by atoms with Gasteiger partial charge in [0.2, 0.25) is 0 Å². The van der Waals surface area contributed by atoms with E-state index in [1.807, 2.05) is 6.92 Å². The third kappa shape index (κ3) is 1.69. The molecule has 4 rings (SSSR count). The van der Waals surface area contributed by atoms with E-state index in [1.165, 1.54) is 19.3 Å². The van der Waals surface area contributed by atoms with Crippen molar-refractivity contribution in [2.75, 3.05) is 0 Å². The van der Waals surface area contributed by atoms with Gasteiger partial charge in [-0.2, -0.15) is 0 Å². The van der Waals surface area contributed by atoms with Crippen molar-refractivity contribution in [3.8, 4) is 0 Å². The summed E-state index contributed by atoms with van der Waals surface area (Å²) in [5.74, 6) is 0.681. The summed E-state index contributed by atoms with van der Waals surface area (Å²) < 4.78 is 13.8. The second kappa shape index (κ2) is 3.69. The van der Waals surface area contributed by atoms with E-state index in [0.717, 1.165) is 37.0 Å². The quantitative estimate of drug-likeness (QED) is 0.822. The molecule has 4 bridgehead atoms. The van der Waals surface area contributed by atoms with E-state index in [0.29, 0.717) is 0 Å². The molecule has 0 spiro atoms. The Morgan fingerprint density at radius 2 is 1.59 bits per heavy atom. The van der Waals surface area contributed by atoms with E-state index in [9.17, 15) is 9.18 Å². The molecule has 0 radical (unpaired) electrons. The molecule has 2 unspecified atom stereocenters. The van der Waals surface area contributed by atoms with Crippen molar-refractivity contribution >= 4 is 5.97 Å². The molecule has 4 aliphatic carbocycles. The molecule has 0 aromatic carbocycles. The standard InChI is InChI=1S/C14H21FO2/c1-8(12(15)13(16)17)14-5-9-2-10(6-14)4-11(3-9)7-14/h8-12H,2-7H2,1H3,(H,16,17). The fourth-order valence-electron chi connectivity index (χ4n) is 5.26. The number of rotatable bonds is 3. The van der Waals surface area contributed by atoms with Gasteiger partial charge < -0.3 is 5.11 Å². The molecule has 0 aromatic rings. The number of carbonyl (C=O) groups is 1. The lowest BCUT2D eigenvalue weighted by molar-refractivity contribution is -0.153. The number of halogens is 1. The lowest BCUT2D eigenvalue weighted by Gasteiger charge is -2.59. The zero-order valence-electron chi connectivity index (χ0n) is 10.4. The smallest absolute Gasteiger partial charge is 0.338 e. The van der Waals surface area contributed by atoms with Crippen molar-refractivity contribution in [3.63, 3.8) is 0 Å². The molecule has 2 nitrogen and oxygen atoms in total. The van der Waals surface area contributed by atoms with Gasteiger partial charge in [-0.05, 0) is 61.7 Å². The molecule has 0 saturated heterocycles. The Labute approximate surface area is 102 Å². The predicted molar refractivity (Wildman–Crippen MR) is 62.3 cm³/mol. The topological polar surface area (TPSA) is 37.3 Å². The lowest BCUT2D eigenvalue weighted by Crippen LogP contribution is -2.51. The summed E-state index contributed by atoms with van der Waals surface area (Å²) in [5.41, 5.74) is 0.00650. The van der Waals surface area contributed by atoms with Crippen LogP contribution >= 0.6 is 0 Å². The van der Waals surface area contributed by atoms with E-state index < -0.39 is 12.1 Å². The summed E-state index contributed by atoms with van der Waals surface area (Å²) in [4.78, 5) is 10.9. The summed E-state index contributed by atoms with van der Waals surface area (Å²) in [5, 5.41) is 8.88. The zero-order valence-corrected chi connectivity index (χ0v) is 10.4. The maximum atomic E-state index is 13.8. The van der Waals surface area contributed by atoms with Crippen LogP contribution in [0.15, 0.2) is 0 Å². The van der Waals surface area contributed by atoms with Crippen molar-refractivity contribution in [2.24, 2.45) is 29.1 Å².